The molecule has 0 aromatic heterocycles. The Balaban J connectivity index is 1.40. The largest absolute Gasteiger partial charge is 0.384 e. The highest BCUT2D eigenvalue weighted by molar-refractivity contribution is 9.10. The number of carbonyl (C=O) groups excluding carboxylic acids is 1. The fourth-order valence-electron chi connectivity index (χ4n) is 6.38. The van der Waals surface area contributed by atoms with Crippen molar-refractivity contribution in [3.05, 3.63) is 28.2 Å². The zero-order valence-electron chi connectivity index (χ0n) is 17.2. The Kier molecular flexibility index (Phi) is 6.34. The molecule has 4 heteroatoms. The van der Waals surface area contributed by atoms with Gasteiger partial charge >= 0.3 is 0 Å². The van der Waals surface area contributed by atoms with Gasteiger partial charge in [-0.25, -0.2) is 0 Å². The van der Waals surface area contributed by atoms with Crippen molar-refractivity contribution in [3.8, 4) is 0 Å². The highest BCUT2D eigenvalue weighted by Crippen LogP contribution is 2.55. The van der Waals surface area contributed by atoms with Gasteiger partial charge in [0.15, 0.2) is 0 Å². The van der Waals surface area contributed by atoms with E-state index >= 15 is 0 Å². The van der Waals surface area contributed by atoms with Crippen molar-refractivity contribution in [1.82, 2.24) is 5.32 Å². The van der Waals surface area contributed by atoms with Crippen molar-refractivity contribution in [2.24, 2.45) is 17.8 Å². The number of benzene rings is 1. The summed E-state index contributed by atoms with van der Waals surface area (Å²) >= 11 is 3.56. The molecule has 3 nitrogen and oxygen atoms in total. The second-order valence-electron chi connectivity index (χ2n) is 9.68. The predicted octanol–water partition coefficient (Wildman–Crippen LogP) is 6.53. The number of carbonyl (C=O) groups is 1. The smallest absolute Gasteiger partial charge is 0.253 e. The maximum atomic E-state index is 13.3. The molecule has 1 amide bonds. The number of nitrogens with one attached hydrogen (secondary N) is 2. The minimum absolute atomic E-state index is 0.0611. The third kappa shape index (κ3) is 4.58. The van der Waals surface area contributed by atoms with Crippen LogP contribution in [0.1, 0.15) is 87.9 Å². The molecule has 4 aliphatic carbocycles. The molecule has 4 fully saturated rings. The average molecular weight is 447 g/mol. The Morgan fingerprint density at radius 3 is 2.32 bits per heavy atom. The van der Waals surface area contributed by atoms with Crippen LogP contribution < -0.4 is 10.6 Å². The Hall–Kier alpha value is -1.03. The SMILES string of the molecule is CCCCCCCNc1ccc(Br)cc1C(=O)NC12CC3CC(CC(C3)C1)C2. The van der Waals surface area contributed by atoms with Crippen molar-refractivity contribution in [2.75, 3.05) is 11.9 Å². The normalized spacial score (nSPS) is 30.4. The van der Waals surface area contributed by atoms with Crippen molar-refractivity contribution in [2.45, 2.75) is 83.1 Å². The molecule has 5 rings (SSSR count). The molecular weight excluding hydrogens is 412 g/mol. The van der Waals surface area contributed by atoms with Crippen LogP contribution in [-0.4, -0.2) is 18.0 Å². The molecule has 0 heterocycles. The van der Waals surface area contributed by atoms with Gasteiger partial charge < -0.3 is 10.6 Å². The van der Waals surface area contributed by atoms with Gasteiger partial charge in [0.1, 0.15) is 0 Å². The summed E-state index contributed by atoms with van der Waals surface area (Å²) in [5.74, 6) is 2.64. The summed E-state index contributed by atoms with van der Waals surface area (Å²) in [6.45, 7) is 3.18. The fraction of sp³-hybridized carbons (Fsp3) is 0.708. The highest BCUT2D eigenvalue weighted by atomic mass is 79.9. The topological polar surface area (TPSA) is 41.1 Å². The number of rotatable bonds is 9. The van der Waals surface area contributed by atoms with Crippen molar-refractivity contribution >= 4 is 27.5 Å². The van der Waals surface area contributed by atoms with E-state index in [1.54, 1.807) is 0 Å². The van der Waals surface area contributed by atoms with E-state index in [0.717, 1.165) is 46.4 Å². The molecule has 4 saturated carbocycles. The van der Waals surface area contributed by atoms with Crippen molar-refractivity contribution in [3.63, 3.8) is 0 Å². The number of anilines is 1. The molecule has 28 heavy (non-hydrogen) atoms. The average Bonchev–Trinajstić information content (AvgIpc) is 2.64. The molecule has 4 aliphatic rings. The first-order valence-corrected chi connectivity index (χ1v) is 12.2. The van der Waals surface area contributed by atoms with E-state index in [0.29, 0.717) is 0 Å². The van der Waals surface area contributed by atoms with E-state index < -0.39 is 0 Å². The maximum absolute atomic E-state index is 13.3. The van der Waals surface area contributed by atoms with Gasteiger partial charge in [-0.05, 0) is 80.9 Å². The lowest BCUT2D eigenvalue weighted by atomic mass is 9.53. The third-order valence-corrected chi connectivity index (χ3v) is 7.73. The standard InChI is InChI=1S/C24H35BrN2O/c1-2-3-4-5-6-9-26-22-8-7-20(25)13-21(22)23(28)27-24-14-17-10-18(15-24)12-19(11-17)16-24/h7-8,13,17-19,26H,2-6,9-12,14-16H2,1H3,(H,27,28). The van der Waals surface area contributed by atoms with Crippen LogP contribution in [0.5, 0.6) is 0 Å². The summed E-state index contributed by atoms with van der Waals surface area (Å²) in [6.07, 6.45) is 14.1. The maximum Gasteiger partial charge on any atom is 0.253 e. The second-order valence-corrected chi connectivity index (χ2v) is 10.6. The van der Waals surface area contributed by atoms with Gasteiger partial charge in [0.2, 0.25) is 0 Å². The number of hydrogen-bond donors (Lipinski definition) is 2. The number of halogens is 1. The zero-order chi connectivity index (χ0) is 19.6. The van der Waals surface area contributed by atoms with Crippen LogP contribution in [0.25, 0.3) is 0 Å². The molecule has 0 spiro atoms. The van der Waals surface area contributed by atoms with Gasteiger partial charge in [-0.3, -0.25) is 4.79 Å². The zero-order valence-corrected chi connectivity index (χ0v) is 18.8. The van der Waals surface area contributed by atoms with E-state index in [4.69, 9.17) is 0 Å². The van der Waals surface area contributed by atoms with E-state index in [9.17, 15) is 4.79 Å². The first-order valence-electron chi connectivity index (χ1n) is 11.4. The summed E-state index contributed by atoms with van der Waals surface area (Å²) in [4.78, 5) is 13.3. The molecule has 1 aromatic rings. The molecule has 0 saturated heterocycles. The van der Waals surface area contributed by atoms with Gasteiger partial charge in [-0.2, -0.15) is 0 Å². The van der Waals surface area contributed by atoms with E-state index in [2.05, 4.69) is 33.5 Å². The summed E-state index contributed by atoms with van der Waals surface area (Å²) in [6, 6.07) is 6.06. The number of amides is 1. The Morgan fingerprint density at radius 2 is 1.68 bits per heavy atom. The molecular formula is C24H35BrN2O. The minimum atomic E-state index is 0.0611. The summed E-state index contributed by atoms with van der Waals surface area (Å²) in [7, 11) is 0. The first-order chi connectivity index (χ1) is 13.6. The van der Waals surface area contributed by atoms with Gasteiger partial charge in [0.25, 0.3) is 5.91 Å². The highest BCUT2D eigenvalue weighted by Gasteiger charge is 2.51. The molecule has 4 bridgehead atoms. The molecule has 0 radical (unpaired) electrons. The van der Waals surface area contributed by atoms with Crippen molar-refractivity contribution in [1.29, 1.82) is 0 Å². The molecule has 0 atom stereocenters. The van der Waals surface area contributed by atoms with Crippen LogP contribution in [0.15, 0.2) is 22.7 Å². The second kappa shape index (κ2) is 8.77. The van der Waals surface area contributed by atoms with E-state index in [1.807, 2.05) is 18.2 Å². The predicted molar refractivity (Wildman–Crippen MR) is 120 cm³/mol. The quantitative estimate of drug-likeness (QED) is 0.423. The Bertz CT molecular complexity index is 667. The monoisotopic (exact) mass is 446 g/mol. The Labute approximate surface area is 178 Å². The van der Waals surface area contributed by atoms with Crippen LogP contribution in [-0.2, 0) is 0 Å². The lowest BCUT2D eigenvalue weighted by molar-refractivity contribution is -0.0166. The summed E-state index contributed by atoms with van der Waals surface area (Å²) < 4.78 is 0.969. The van der Waals surface area contributed by atoms with Gasteiger partial charge in [-0.15, -0.1) is 0 Å². The summed E-state index contributed by atoms with van der Waals surface area (Å²) in [5.41, 5.74) is 1.82. The van der Waals surface area contributed by atoms with Crippen molar-refractivity contribution < 1.29 is 4.79 Å². The molecule has 2 N–H and O–H groups in total. The van der Waals surface area contributed by atoms with Gasteiger partial charge in [0, 0.05) is 22.2 Å². The number of unbranched alkanes of at least 4 members (excludes halogenated alkanes) is 4. The fourth-order valence-corrected chi connectivity index (χ4v) is 6.74. The first kappa shape index (κ1) is 20.3. The van der Waals surface area contributed by atoms with Crippen LogP contribution >= 0.6 is 15.9 Å². The van der Waals surface area contributed by atoms with Crippen LogP contribution in [0.2, 0.25) is 0 Å². The summed E-state index contributed by atoms with van der Waals surface area (Å²) in [5, 5.41) is 7.05. The van der Waals surface area contributed by atoms with Crippen LogP contribution in [0.4, 0.5) is 5.69 Å². The lowest BCUT2D eigenvalue weighted by Gasteiger charge is -2.56. The van der Waals surface area contributed by atoms with Crippen LogP contribution in [0.3, 0.4) is 0 Å². The minimum Gasteiger partial charge on any atom is -0.384 e. The third-order valence-electron chi connectivity index (χ3n) is 7.24. The molecule has 0 aliphatic heterocycles. The molecule has 154 valence electrons. The van der Waals surface area contributed by atoms with Crippen LogP contribution in [0, 0.1) is 17.8 Å². The molecule has 1 aromatic carbocycles. The number of hydrogen-bond acceptors (Lipinski definition) is 2. The molecule has 0 unspecified atom stereocenters. The van der Waals surface area contributed by atoms with Gasteiger partial charge in [0.05, 0.1) is 5.56 Å². The lowest BCUT2D eigenvalue weighted by Crippen LogP contribution is -2.59. The van der Waals surface area contributed by atoms with E-state index in [-0.39, 0.29) is 11.4 Å². The van der Waals surface area contributed by atoms with Gasteiger partial charge in [-0.1, -0.05) is 48.5 Å². The Morgan fingerprint density at radius 1 is 1.04 bits per heavy atom. The van der Waals surface area contributed by atoms with E-state index in [1.165, 1.54) is 64.2 Å².